The van der Waals surface area contributed by atoms with Crippen molar-refractivity contribution >= 4 is 33.1 Å². The molecule has 1 aliphatic rings. The van der Waals surface area contributed by atoms with E-state index in [-0.39, 0.29) is 0 Å². The van der Waals surface area contributed by atoms with Gasteiger partial charge in [-0.05, 0) is 0 Å². The van der Waals surface area contributed by atoms with Crippen LogP contribution in [0.15, 0.2) is 21.9 Å². The van der Waals surface area contributed by atoms with Crippen LogP contribution in [0.2, 0.25) is 0 Å². The summed E-state index contributed by atoms with van der Waals surface area (Å²) in [6, 6.07) is 4.03. The molecule has 0 radical (unpaired) electrons. The second-order valence-electron chi connectivity index (χ2n) is 2.82. The first-order valence-corrected chi connectivity index (χ1v) is 10.5. The fourth-order valence-electron chi connectivity index (χ4n) is 1.31. The molecule has 0 saturated carbocycles. The van der Waals surface area contributed by atoms with E-state index in [2.05, 4.69) is 0 Å². The van der Waals surface area contributed by atoms with Gasteiger partial charge in [0.15, 0.2) is 0 Å². The van der Waals surface area contributed by atoms with E-state index >= 15 is 0 Å². The van der Waals surface area contributed by atoms with E-state index in [1.807, 2.05) is 46.3 Å². The molecular formula is C10H12O2S2Se. The van der Waals surface area contributed by atoms with Gasteiger partial charge in [-0.2, -0.15) is 0 Å². The van der Waals surface area contributed by atoms with Crippen molar-refractivity contribution in [2.75, 3.05) is 13.2 Å². The Labute approximate surface area is 103 Å². The number of ether oxygens (including phenoxy) is 2. The Bertz CT molecular complexity index is 325. The molecule has 0 aromatic heterocycles. The summed E-state index contributed by atoms with van der Waals surface area (Å²) in [7, 11) is 3.79. The van der Waals surface area contributed by atoms with Gasteiger partial charge in [0.05, 0.1) is 0 Å². The molecule has 2 rings (SSSR count). The number of benzene rings is 1. The third kappa shape index (κ3) is 2.41. The molecule has 82 valence electrons. The summed E-state index contributed by atoms with van der Waals surface area (Å²) in [6.07, 6.45) is 0. The monoisotopic (exact) mass is 308 g/mol. The number of hydrogen-bond acceptors (Lipinski definition) is 4. The predicted octanol–water partition coefficient (Wildman–Crippen LogP) is 3.22. The van der Waals surface area contributed by atoms with Crippen LogP contribution in [0, 0.1) is 0 Å². The normalized spacial score (nSPS) is 13.7. The van der Waals surface area contributed by atoms with Gasteiger partial charge in [0, 0.05) is 0 Å². The molecule has 0 unspecified atom stereocenters. The Morgan fingerprint density at radius 3 is 1.87 bits per heavy atom. The van der Waals surface area contributed by atoms with E-state index in [1.54, 1.807) is 0 Å². The van der Waals surface area contributed by atoms with Crippen molar-refractivity contribution in [1.29, 1.82) is 0 Å². The SMILES string of the molecule is CCOc1ccc(OCC)c2c1S[Se]S2. The van der Waals surface area contributed by atoms with Crippen molar-refractivity contribution < 1.29 is 9.47 Å². The van der Waals surface area contributed by atoms with Crippen molar-refractivity contribution in [2.24, 2.45) is 0 Å². The van der Waals surface area contributed by atoms with Crippen LogP contribution in [0.25, 0.3) is 0 Å². The summed E-state index contributed by atoms with van der Waals surface area (Å²) in [5, 5.41) is 0. The Morgan fingerprint density at radius 1 is 1.00 bits per heavy atom. The minimum atomic E-state index is 0.529. The molecular weight excluding hydrogens is 295 g/mol. The van der Waals surface area contributed by atoms with Crippen LogP contribution in [0.3, 0.4) is 0 Å². The van der Waals surface area contributed by atoms with Crippen LogP contribution in [0.5, 0.6) is 11.5 Å². The van der Waals surface area contributed by atoms with Gasteiger partial charge in [-0.15, -0.1) is 0 Å². The second kappa shape index (κ2) is 5.39. The fourth-order valence-corrected chi connectivity index (χ4v) is 9.02. The zero-order chi connectivity index (χ0) is 10.7. The molecule has 1 aromatic rings. The topological polar surface area (TPSA) is 18.5 Å². The molecule has 1 aromatic carbocycles. The fraction of sp³-hybridized carbons (Fsp3) is 0.400. The van der Waals surface area contributed by atoms with Gasteiger partial charge in [0.2, 0.25) is 0 Å². The number of rotatable bonds is 4. The van der Waals surface area contributed by atoms with Crippen molar-refractivity contribution in [3.05, 3.63) is 12.1 Å². The minimum absolute atomic E-state index is 0.529. The van der Waals surface area contributed by atoms with Crippen molar-refractivity contribution in [1.82, 2.24) is 0 Å². The van der Waals surface area contributed by atoms with Gasteiger partial charge in [0.1, 0.15) is 0 Å². The van der Waals surface area contributed by atoms with E-state index in [1.165, 1.54) is 9.79 Å². The Kier molecular flexibility index (Phi) is 4.14. The molecule has 0 fully saturated rings. The second-order valence-corrected chi connectivity index (χ2v) is 9.18. The summed E-state index contributed by atoms with van der Waals surface area (Å²) in [6.45, 7) is 5.47. The molecule has 0 amide bonds. The molecule has 0 N–H and O–H groups in total. The van der Waals surface area contributed by atoms with Gasteiger partial charge < -0.3 is 0 Å². The van der Waals surface area contributed by atoms with Gasteiger partial charge in [0.25, 0.3) is 0 Å². The zero-order valence-corrected chi connectivity index (χ0v) is 12.0. The first-order valence-electron chi connectivity index (χ1n) is 4.80. The number of fused-ring (bicyclic) bond motifs is 1. The molecule has 0 aliphatic carbocycles. The van der Waals surface area contributed by atoms with Gasteiger partial charge in [-0.3, -0.25) is 0 Å². The zero-order valence-electron chi connectivity index (χ0n) is 8.61. The van der Waals surface area contributed by atoms with E-state index in [4.69, 9.17) is 9.47 Å². The molecule has 0 spiro atoms. The van der Waals surface area contributed by atoms with Crippen LogP contribution < -0.4 is 9.47 Å². The van der Waals surface area contributed by atoms with Crippen molar-refractivity contribution in [3.63, 3.8) is 0 Å². The van der Waals surface area contributed by atoms with Crippen molar-refractivity contribution in [2.45, 2.75) is 23.6 Å². The van der Waals surface area contributed by atoms with Crippen LogP contribution >= 0.6 is 20.4 Å². The first kappa shape index (κ1) is 11.5. The Hall–Kier alpha value is 0.0395. The van der Waals surface area contributed by atoms with Crippen LogP contribution in [0.1, 0.15) is 13.8 Å². The Morgan fingerprint density at radius 2 is 1.47 bits per heavy atom. The molecule has 0 bridgehead atoms. The first-order chi connectivity index (χ1) is 7.36. The van der Waals surface area contributed by atoms with Gasteiger partial charge in [-0.25, -0.2) is 0 Å². The summed E-state index contributed by atoms with van der Waals surface area (Å²) < 4.78 is 11.2. The number of hydrogen-bond donors (Lipinski definition) is 0. The quantitative estimate of drug-likeness (QED) is 0.795. The maximum absolute atomic E-state index is 5.60. The van der Waals surface area contributed by atoms with E-state index in [0.717, 1.165) is 24.7 Å². The molecule has 1 aliphatic heterocycles. The molecule has 5 heteroatoms. The maximum atomic E-state index is 5.60. The van der Waals surface area contributed by atoms with Crippen LogP contribution in [-0.2, 0) is 0 Å². The third-order valence-corrected chi connectivity index (χ3v) is 8.36. The molecule has 2 nitrogen and oxygen atoms in total. The third-order valence-electron chi connectivity index (χ3n) is 1.87. The summed E-state index contributed by atoms with van der Waals surface area (Å²) in [4.78, 5) is 2.54. The molecule has 1 heterocycles. The van der Waals surface area contributed by atoms with Gasteiger partial charge in [-0.1, -0.05) is 0 Å². The standard InChI is InChI=1S/C10H12O2S2Se/c1-3-11-7-5-6-8(12-4-2)10-9(7)13-15-14-10/h5-6H,3-4H2,1-2H3. The molecule has 0 atom stereocenters. The molecule has 0 saturated heterocycles. The van der Waals surface area contributed by atoms with Gasteiger partial charge >= 0.3 is 103 Å². The predicted molar refractivity (Wildman–Crippen MR) is 66.2 cm³/mol. The summed E-state index contributed by atoms with van der Waals surface area (Å²) >= 11 is 0.529. The summed E-state index contributed by atoms with van der Waals surface area (Å²) in [5.74, 6) is 2.01. The average Bonchev–Trinajstić information content (AvgIpc) is 2.71. The van der Waals surface area contributed by atoms with E-state index in [9.17, 15) is 0 Å². The van der Waals surface area contributed by atoms with Crippen LogP contribution in [0.4, 0.5) is 0 Å². The van der Waals surface area contributed by atoms with Crippen LogP contribution in [-0.4, -0.2) is 25.9 Å². The summed E-state index contributed by atoms with van der Waals surface area (Å²) in [5.41, 5.74) is 0. The van der Waals surface area contributed by atoms with E-state index < -0.39 is 0 Å². The van der Waals surface area contributed by atoms with E-state index in [0.29, 0.717) is 12.7 Å². The molecule has 15 heavy (non-hydrogen) atoms. The Balaban J connectivity index is 2.35. The average molecular weight is 307 g/mol. The van der Waals surface area contributed by atoms with Crippen molar-refractivity contribution in [3.8, 4) is 11.5 Å².